The number of hydrogen-bond acceptors (Lipinski definition) is 4. The highest BCUT2D eigenvalue weighted by Crippen LogP contribution is 2.25. The molecule has 2 aromatic carbocycles. The van der Waals surface area contributed by atoms with Crippen molar-refractivity contribution >= 4 is 52.4 Å². The summed E-state index contributed by atoms with van der Waals surface area (Å²) in [5, 5.41) is 8.98. The minimum Gasteiger partial charge on any atom is -0.326 e. The number of nitrogens with one attached hydrogen (secondary N) is 1. The number of nitrogens with zero attached hydrogens (tertiary/aromatic N) is 3. The number of halogens is 1. The quantitative estimate of drug-likeness (QED) is 0.827. The zero-order valence-electron chi connectivity index (χ0n) is 14.3. The van der Waals surface area contributed by atoms with Crippen LogP contribution in [0.15, 0.2) is 58.6 Å². The molecule has 26 heavy (non-hydrogen) atoms. The molecule has 2 amide bonds. The first-order chi connectivity index (χ1) is 12.4. The van der Waals surface area contributed by atoms with E-state index in [0.717, 1.165) is 0 Å². The van der Waals surface area contributed by atoms with Crippen LogP contribution in [0.1, 0.15) is 13.8 Å². The van der Waals surface area contributed by atoms with E-state index < -0.39 is 5.92 Å². The standard InChI is InChI=1S/C19H17ClN4O2/c1-12-18(11-21-15-4-3-5-16(10-15)22-13(2)25)19(26)24(23-12)17-8-6-14(20)7-9-17/h3-11,18H,1-2H3,(H,22,25). The van der Waals surface area contributed by atoms with Gasteiger partial charge >= 0.3 is 0 Å². The van der Waals surface area contributed by atoms with Crippen LogP contribution in [0.25, 0.3) is 0 Å². The minimum absolute atomic E-state index is 0.154. The summed E-state index contributed by atoms with van der Waals surface area (Å²) in [7, 11) is 0. The van der Waals surface area contributed by atoms with Crippen LogP contribution >= 0.6 is 11.6 Å². The fraction of sp³-hybridized carbons (Fsp3) is 0.158. The summed E-state index contributed by atoms with van der Waals surface area (Å²) in [6.07, 6.45) is 1.57. The highest BCUT2D eigenvalue weighted by Gasteiger charge is 2.33. The molecule has 1 aliphatic heterocycles. The highest BCUT2D eigenvalue weighted by molar-refractivity contribution is 6.30. The average Bonchev–Trinajstić information content (AvgIpc) is 2.88. The number of hydrogen-bond donors (Lipinski definition) is 1. The van der Waals surface area contributed by atoms with Gasteiger partial charge < -0.3 is 5.32 Å². The number of carbonyl (C=O) groups excluding carboxylic acids is 2. The Morgan fingerprint density at radius 1 is 1.27 bits per heavy atom. The topological polar surface area (TPSA) is 74.1 Å². The third kappa shape index (κ3) is 3.97. The number of carbonyl (C=O) groups is 2. The SMILES string of the molecule is CC(=O)Nc1cccc(N=CC2C(=O)N(c3ccc(Cl)cc3)N=C2C)c1. The van der Waals surface area contributed by atoms with Gasteiger partial charge in [-0.2, -0.15) is 10.1 Å². The number of benzene rings is 2. The Morgan fingerprint density at radius 3 is 2.69 bits per heavy atom. The third-order valence-electron chi connectivity index (χ3n) is 3.79. The van der Waals surface area contributed by atoms with Gasteiger partial charge in [0, 0.05) is 23.8 Å². The molecule has 0 radical (unpaired) electrons. The molecule has 1 atom stereocenters. The molecule has 2 aromatic rings. The van der Waals surface area contributed by atoms with E-state index in [9.17, 15) is 9.59 Å². The Kier molecular flexibility index (Phi) is 5.14. The van der Waals surface area contributed by atoms with E-state index in [1.165, 1.54) is 11.9 Å². The maximum Gasteiger partial charge on any atom is 0.261 e. The Balaban J connectivity index is 1.77. The number of hydrazone groups is 1. The Bertz CT molecular complexity index is 906. The number of aliphatic imine (C=N–C) groups is 1. The molecule has 1 unspecified atom stereocenters. The second-order valence-electron chi connectivity index (χ2n) is 5.86. The van der Waals surface area contributed by atoms with Gasteiger partial charge in [0.15, 0.2) is 0 Å². The zero-order chi connectivity index (χ0) is 18.7. The molecule has 0 aromatic heterocycles. The van der Waals surface area contributed by atoms with Gasteiger partial charge in [-0.1, -0.05) is 17.7 Å². The van der Waals surface area contributed by atoms with Crippen LogP contribution in [0.2, 0.25) is 5.02 Å². The first-order valence-electron chi connectivity index (χ1n) is 8.00. The van der Waals surface area contributed by atoms with Crippen LogP contribution < -0.4 is 10.3 Å². The lowest BCUT2D eigenvalue weighted by Crippen LogP contribution is -2.27. The molecule has 0 spiro atoms. The maximum atomic E-state index is 12.7. The summed E-state index contributed by atoms with van der Waals surface area (Å²) in [4.78, 5) is 28.2. The third-order valence-corrected chi connectivity index (χ3v) is 4.05. The fourth-order valence-corrected chi connectivity index (χ4v) is 2.67. The summed E-state index contributed by atoms with van der Waals surface area (Å²) >= 11 is 5.89. The van der Waals surface area contributed by atoms with Gasteiger partial charge in [-0.25, -0.2) is 0 Å². The van der Waals surface area contributed by atoms with E-state index >= 15 is 0 Å². The highest BCUT2D eigenvalue weighted by atomic mass is 35.5. The molecular weight excluding hydrogens is 352 g/mol. The minimum atomic E-state index is -0.532. The van der Waals surface area contributed by atoms with E-state index in [2.05, 4.69) is 15.4 Å². The van der Waals surface area contributed by atoms with Crippen molar-refractivity contribution in [1.29, 1.82) is 0 Å². The van der Waals surface area contributed by atoms with Gasteiger partial charge in [-0.15, -0.1) is 0 Å². The second kappa shape index (κ2) is 7.49. The van der Waals surface area contributed by atoms with Crippen LogP contribution in [0.4, 0.5) is 17.1 Å². The summed E-state index contributed by atoms with van der Waals surface area (Å²) in [5.41, 5.74) is 2.61. The van der Waals surface area contributed by atoms with Gasteiger partial charge in [-0.3, -0.25) is 14.6 Å². The smallest absolute Gasteiger partial charge is 0.261 e. The van der Waals surface area contributed by atoms with E-state index in [-0.39, 0.29) is 11.8 Å². The number of amides is 2. The summed E-state index contributed by atoms with van der Waals surface area (Å²) in [5.74, 6) is -0.861. The normalized spacial score (nSPS) is 16.9. The molecule has 132 valence electrons. The molecule has 0 bridgehead atoms. The van der Waals surface area contributed by atoms with Gasteiger partial charge in [0.25, 0.3) is 5.91 Å². The molecule has 1 N–H and O–H groups in total. The maximum absolute atomic E-state index is 12.7. The van der Waals surface area contributed by atoms with Gasteiger partial charge in [0.05, 0.1) is 17.1 Å². The van der Waals surface area contributed by atoms with Gasteiger partial charge in [0.1, 0.15) is 5.92 Å². The molecule has 1 aliphatic rings. The molecule has 0 saturated carbocycles. The van der Waals surface area contributed by atoms with Crippen LogP contribution in [-0.4, -0.2) is 23.7 Å². The number of rotatable bonds is 4. The molecule has 3 rings (SSSR count). The van der Waals surface area contributed by atoms with Crippen LogP contribution in [0.5, 0.6) is 0 Å². The molecule has 0 aliphatic carbocycles. The van der Waals surface area contributed by atoms with Gasteiger partial charge in [-0.05, 0) is 49.4 Å². The van der Waals surface area contributed by atoms with Crippen LogP contribution in [0, 0.1) is 5.92 Å². The molecule has 1 heterocycles. The van der Waals surface area contributed by atoms with Crippen molar-refractivity contribution < 1.29 is 9.59 Å². The second-order valence-corrected chi connectivity index (χ2v) is 6.29. The summed E-state index contributed by atoms with van der Waals surface area (Å²) < 4.78 is 0. The lowest BCUT2D eigenvalue weighted by atomic mass is 10.1. The molecule has 0 fully saturated rings. The molecule has 6 nitrogen and oxygen atoms in total. The van der Waals surface area contributed by atoms with Crippen molar-refractivity contribution in [3.63, 3.8) is 0 Å². The van der Waals surface area contributed by atoms with E-state index in [0.29, 0.717) is 27.8 Å². The Hall–Kier alpha value is -2.99. The van der Waals surface area contributed by atoms with Crippen molar-refractivity contribution in [2.24, 2.45) is 16.0 Å². The predicted octanol–water partition coefficient (Wildman–Crippen LogP) is 4.04. The fourth-order valence-electron chi connectivity index (χ4n) is 2.55. The molecular formula is C19H17ClN4O2. The first kappa shape index (κ1) is 17.8. The first-order valence-corrected chi connectivity index (χ1v) is 8.38. The van der Waals surface area contributed by atoms with Crippen molar-refractivity contribution in [3.8, 4) is 0 Å². The largest absolute Gasteiger partial charge is 0.326 e. The Labute approximate surface area is 156 Å². The summed E-state index contributed by atoms with van der Waals surface area (Å²) in [6.45, 7) is 3.23. The Morgan fingerprint density at radius 2 is 2.00 bits per heavy atom. The zero-order valence-corrected chi connectivity index (χ0v) is 15.1. The van der Waals surface area contributed by atoms with Crippen LogP contribution in [-0.2, 0) is 9.59 Å². The molecule has 0 saturated heterocycles. The van der Waals surface area contributed by atoms with E-state index in [1.807, 2.05) is 0 Å². The lowest BCUT2D eigenvalue weighted by molar-refractivity contribution is -0.118. The van der Waals surface area contributed by atoms with Crippen molar-refractivity contribution in [3.05, 3.63) is 53.6 Å². The van der Waals surface area contributed by atoms with Gasteiger partial charge in [0.2, 0.25) is 5.91 Å². The summed E-state index contributed by atoms with van der Waals surface area (Å²) in [6, 6.07) is 14.0. The average molecular weight is 369 g/mol. The molecule has 7 heteroatoms. The number of anilines is 2. The van der Waals surface area contributed by atoms with Crippen LogP contribution in [0.3, 0.4) is 0 Å². The predicted molar refractivity (Wildman–Crippen MR) is 104 cm³/mol. The van der Waals surface area contributed by atoms with Crippen molar-refractivity contribution in [2.45, 2.75) is 13.8 Å². The van der Waals surface area contributed by atoms with Crippen molar-refractivity contribution in [1.82, 2.24) is 0 Å². The lowest BCUT2D eigenvalue weighted by Gasteiger charge is -2.12. The van der Waals surface area contributed by atoms with Crippen molar-refractivity contribution in [2.75, 3.05) is 10.3 Å². The van der Waals surface area contributed by atoms with E-state index in [1.54, 1.807) is 61.7 Å². The van der Waals surface area contributed by atoms with E-state index in [4.69, 9.17) is 11.6 Å². The monoisotopic (exact) mass is 368 g/mol.